The zero-order valence-electron chi connectivity index (χ0n) is 11.4. The summed E-state index contributed by atoms with van der Waals surface area (Å²) in [6.07, 6.45) is -3.34. The number of nitrogens with one attached hydrogen (secondary N) is 1. The summed E-state index contributed by atoms with van der Waals surface area (Å²) in [7, 11) is 0. The van der Waals surface area contributed by atoms with Crippen molar-refractivity contribution in [1.29, 1.82) is 0 Å². The van der Waals surface area contributed by atoms with E-state index in [0.29, 0.717) is 10.0 Å². The lowest BCUT2D eigenvalue weighted by atomic mass is 10.1. The van der Waals surface area contributed by atoms with E-state index in [1.807, 2.05) is 0 Å². The number of phenolic OH excluding ortho intramolecular Hbond substituents is 1. The number of benzene rings is 2. The molecule has 2 N–H and O–H groups in total. The van der Waals surface area contributed by atoms with Gasteiger partial charge in [-0.05, 0) is 46.3 Å². The van der Waals surface area contributed by atoms with Crippen LogP contribution in [0.2, 0.25) is 0 Å². The number of para-hydroxylation sites is 1. The fraction of sp³-hybridized carbons (Fsp3) is 0.0667. The van der Waals surface area contributed by atoms with Crippen LogP contribution in [0.4, 0.5) is 13.2 Å². The highest BCUT2D eigenvalue weighted by atomic mass is 79.9. The number of halogens is 4. The van der Waals surface area contributed by atoms with Gasteiger partial charge in [-0.25, -0.2) is 5.43 Å². The highest BCUT2D eigenvalue weighted by Gasteiger charge is 2.30. The van der Waals surface area contributed by atoms with Gasteiger partial charge in [-0.1, -0.05) is 12.1 Å². The van der Waals surface area contributed by atoms with Crippen molar-refractivity contribution in [3.63, 3.8) is 0 Å². The zero-order chi connectivity index (χ0) is 17.0. The van der Waals surface area contributed by atoms with Crippen LogP contribution in [0, 0.1) is 0 Å². The molecule has 0 saturated carbocycles. The third kappa shape index (κ3) is 4.32. The largest absolute Gasteiger partial charge is 0.506 e. The number of aromatic hydroxyl groups is 1. The molecule has 0 bridgehead atoms. The van der Waals surface area contributed by atoms with Crippen LogP contribution in [0.1, 0.15) is 21.5 Å². The lowest BCUT2D eigenvalue weighted by Gasteiger charge is -2.07. The van der Waals surface area contributed by atoms with Gasteiger partial charge in [0.1, 0.15) is 5.75 Å². The second-order valence-corrected chi connectivity index (χ2v) is 5.31. The summed E-state index contributed by atoms with van der Waals surface area (Å²) in [6.45, 7) is 0. The highest BCUT2D eigenvalue weighted by molar-refractivity contribution is 9.10. The predicted octanol–water partition coefficient (Wildman–Crippen LogP) is 3.94. The maximum atomic E-state index is 12.6. The van der Waals surface area contributed by atoms with E-state index in [4.69, 9.17) is 0 Å². The van der Waals surface area contributed by atoms with Crippen molar-refractivity contribution in [1.82, 2.24) is 5.43 Å². The Labute approximate surface area is 137 Å². The Hall–Kier alpha value is -2.35. The fourth-order valence-corrected chi connectivity index (χ4v) is 2.08. The standard InChI is InChI=1S/C15H10BrF3N2O2/c16-12-6-2-4-10(13(12)22)8-20-21-14(23)9-3-1-5-11(7-9)15(17,18)19/h1-8,22H,(H,21,23)/b20-8+. The first-order valence-corrected chi connectivity index (χ1v) is 7.06. The maximum absolute atomic E-state index is 12.6. The van der Waals surface area contributed by atoms with Gasteiger partial charge in [0.15, 0.2) is 0 Å². The first kappa shape index (κ1) is 17.0. The topological polar surface area (TPSA) is 61.7 Å². The molecular formula is C15H10BrF3N2O2. The van der Waals surface area contributed by atoms with E-state index in [0.717, 1.165) is 18.2 Å². The Balaban J connectivity index is 2.11. The normalized spacial score (nSPS) is 11.7. The Morgan fingerprint density at radius 3 is 2.61 bits per heavy atom. The van der Waals surface area contributed by atoms with Crippen molar-refractivity contribution >= 4 is 28.1 Å². The number of hydrazone groups is 1. The van der Waals surface area contributed by atoms with E-state index in [1.165, 1.54) is 12.3 Å². The first-order valence-electron chi connectivity index (χ1n) is 6.27. The van der Waals surface area contributed by atoms with Crippen LogP contribution in [-0.2, 0) is 6.18 Å². The third-order valence-corrected chi connectivity index (χ3v) is 3.48. The molecule has 2 rings (SSSR count). The summed E-state index contributed by atoms with van der Waals surface area (Å²) in [5, 5.41) is 13.4. The number of hydrogen-bond donors (Lipinski definition) is 2. The molecular weight excluding hydrogens is 377 g/mol. The van der Waals surface area contributed by atoms with Gasteiger partial charge in [-0.3, -0.25) is 4.79 Å². The molecule has 120 valence electrons. The highest BCUT2D eigenvalue weighted by Crippen LogP contribution is 2.29. The Morgan fingerprint density at radius 1 is 1.22 bits per heavy atom. The maximum Gasteiger partial charge on any atom is 0.416 e. The molecule has 2 aromatic rings. The molecule has 0 radical (unpaired) electrons. The number of rotatable bonds is 3. The zero-order valence-corrected chi connectivity index (χ0v) is 13.0. The number of hydrogen-bond acceptors (Lipinski definition) is 3. The van der Waals surface area contributed by atoms with Crippen LogP contribution in [0.5, 0.6) is 5.75 Å². The van der Waals surface area contributed by atoms with Crippen LogP contribution in [0.25, 0.3) is 0 Å². The number of phenols is 1. The molecule has 23 heavy (non-hydrogen) atoms. The minimum absolute atomic E-state index is 0.0652. The molecule has 0 heterocycles. The van der Waals surface area contributed by atoms with Gasteiger partial charge in [-0.15, -0.1) is 0 Å². The minimum atomic E-state index is -4.53. The Kier molecular flexibility index (Phi) is 5.05. The SMILES string of the molecule is O=C(N/N=C/c1cccc(Br)c1O)c1cccc(C(F)(F)F)c1. The van der Waals surface area contributed by atoms with E-state index in [9.17, 15) is 23.1 Å². The van der Waals surface area contributed by atoms with E-state index >= 15 is 0 Å². The second kappa shape index (κ2) is 6.82. The van der Waals surface area contributed by atoms with Gasteiger partial charge in [0.25, 0.3) is 5.91 Å². The lowest BCUT2D eigenvalue weighted by molar-refractivity contribution is -0.137. The van der Waals surface area contributed by atoms with Crippen molar-refractivity contribution in [2.75, 3.05) is 0 Å². The lowest BCUT2D eigenvalue weighted by Crippen LogP contribution is -2.18. The summed E-state index contributed by atoms with van der Waals surface area (Å²) in [5.41, 5.74) is 1.36. The summed E-state index contributed by atoms with van der Waals surface area (Å²) in [4.78, 5) is 11.8. The smallest absolute Gasteiger partial charge is 0.416 e. The van der Waals surface area contributed by atoms with Gasteiger partial charge < -0.3 is 5.11 Å². The monoisotopic (exact) mass is 386 g/mol. The molecule has 0 spiro atoms. The molecule has 0 atom stereocenters. The van der Waals surface area contributed by atoms with Crippen LogP contribution < -0.4 is 5.43 Å². The molecule has 0 fully saturated rings. The average Bonchev–Trinajstić information content (AvgIpc) is 2.50. The van der Waals surface area contributed by atoms with Gasteiger partial charge in [0.05, 0.1) is 16.3 Å². The Bertz CT molecular complexity index is 761. The van der Waals surface area contributed by atoms with Crippen molar-refractivity contribution in [3.8, 4) is 5.75 Å². The van der Waals surface area contributed by atoms with Crippen LogP contribution in [0.3, 0.4) is 0 Å². The molecule has 0 aliphatic carbocycles. The van der Waals surface area contributed by atoms with Crippen LogP contribution >= 0.6 is 15.9 Å². The van der Waals surface area contributed by atoms with E-state index in [2.05, 4.69) is 26.5 Å². The first-order chi connectivity index (χ1) is 10.8. The number of alkyl halides is 3. The number of amides is 1. The molecule has 0 unspecified atom stereocenters. The van der Waals surface area contributed by atoms with Crippen molar-refractivity contribution in [2.24, 2.45) is 5.10 Å². The Morgan fingerprint density at radius 2 is 1.91 bits per heavy atom. The summed E-state index contributed by atoms with van der Waals surface area (Å²) >= 11 is 3.12. The molecule has 0 aliphatic rings. The minimum Gasteiger partial charge on any atom is -0.506 e. The molecule has 0 saturated heterocycles. The third-order valence-electron chi connectivity index (χ3n) is 2.84. The quantitative estimate of drug-likeness (QED) is 0.619. The fourth-order valence-electron chi connectivity index (χ4n) is 1.70. The van der Waals surface area contributed by atoms with Gasteiger partial charge in [0.2, 0.25) is 0 Å². The van der Waals surface area contributed by atoms with Crippen LogP contribution in [-0.4, -0.2) is 17.2 Å². The van der Waals surface area contributed by atoms with Crippen molar-refractivity contribution < 1.29 is 23.1 Å². The average molecular weight is 387 g/mol. The number of nitrogens with zero attached hydrogens (tertiary/aromatic N) is 1. The molecule has 0 aromatic heterocycles. The number of carbonyl (C=O) groups is 1. The van der Waals surface area contributed by atoms with E-state index < -0.39 is 17.6 Å². The van der Waals surface area contributed by atoms with Gasteiger partial charge in [-0.2, -0.15) is 18.3 Å². The van der Waals surface area contributed by atoms with Crippen molar-refractivity contribution in [2.45, 2.75) is 6.18 Å². The molecule has 0 aliphatic heterocycles. The van der Waals surface area contributed by atoms with Crippen LogP contribution in [0.15, 0.2) is 52.0 Å². The molecule has 4 nitrogen and oxygen atoms in total. The van der Waals surface area contributed by atoms with E-state index in [1.54, 1.807) is 18.2 Å². The van der Waals surface area contributed by atoms with Gasteiger partial charge in [0, 0.05) is 11.1 Å². The predicted molar refractivity (Wildman–Crippen MR) is 82.3 cm³/mol. The summed E-state index contributed by atoms with van der Waals surface area (Å²) in [6, 6.07) is 8.83. The summed E-state index contributed by atoms with van der Waals surface area (Å²) in [5.74, 6) is -0.855. The molecule has 1 amide bonds. The molecule has 8 heteroatoms. The van der Waals surface area contributed by atoms with Gasteiger partial charge >= 0.3 is 6.18 Å². The number of carbonyl (C=O) groups excluding carboxylic acids is 1. The second-order valence-electron chi connectivity index (χ2n) is 4.46. The molecule has 2 aromatic carbocycles. The van der Waals surface area contributed by atoms with E-state index in [-0.39, 0.29) is 11.3 Å². The summed E-state index contributed by atoms with van der Waals surface area (Å²) < 4.78 is 38.2. The van der Waals surface area contributed by atoms with Crippen molar-refractivity contribution in [3.05, 3.63) is 63.6 Å².